The van der Waals surface area contributed by atoms with Crippen LogP contribution in [0.15, 0.2) is 0 Å². The smallest absolute Gasteiger partial charge is 0.306 e. The summed E-state index contributed by atoms with van der Waals surface area (Å²) in [5.41, 5.74) is 0.706. The molecule has 6 aliphatic rings. The Balaban J connectivity index is 1.38. The average molecular weight is 345 g/mol. The van der Waals surface area contributed by atoms with Crippen molar-refractivity contribution in [2.45, 2.75) is 77.2 Å². The van der Waals surface area contributed by atoms with Gasteiger partial charge in [-0.2, -0.15) is 0 Å². The number of carbonyl (C=O) groups excluding carboxylic acids is 1. The summed E-state index contributed by atoms with van der Waals surface area (Å²) in [6, 6.07) is 0. The molecule has 3 aliphatic heterocycles. The van der Waals surface area contributed by atoms with Gasteiger partial charge in [-0.15, -0.1) is 0 Å². The second-order valence-electron chi connectivity index (χ2n) is 10.5. The Hall–Kier alpha value is -0.610. The molecule has 0 aromatic rings. The molecule has 2 bridgehead atoms. The zero-order chi connectivity index (χ0) is 17.0. The molecule has 0 aromatic heterocycles. The number of hydrogen-bond donors (Lipinski definition) is 1. The van der Waals surface area contributed by atoms with Crippen LogP contribution in [-0.4, -0.2) is 30.9 Å². The summed E-state index contributed by atoms with van der Waals surface area (Å²) in [4.78, 5) is 11.9. The number of hydrogen-bond acceptors (Lipinski definition) is 4. The van der Waals surface area contributed by atoms with Gasteiger partial charge < -0.3 is 9.47 Å². The predicted molar refractivity (Wildman–Crippen MR) is 92.5 cm³/mol. The lowest BCUT2D eigenvalue weighted by atomic mass is 9.45. The number of rotatable bonds is 0. The SMILES string of the molecule is CC12CCC3C(CCC4CC5NCC(O5)C43C)C1C1OC(=O)CC1C2. The van der Waals surface area contributed by atoms with E-state index < -0.39 is 0 Å². The zero-order valence-electron chi connectivity index (χ0n) is 15.5. The van der Waals surface area contributed by atoms with Crippen molar-refractivity contribution in [1.29, 1.82) is 0 Å². The van der Waals surface area contributed by atoms with E-state index in [-0.39, 0.29) is 12.1 Å². The minimum Gasteiger partial charge on any atom is -0.462 e. The minimum atomic E-state index is 0.0582. The third-order valence-corrected chi connectivity index (χ3v) is 9.63. The lowest BCUT2D eigenvalue weighted by molar-refractivity contribution is -0.199. The van der Waals surface area contributed by atoms with Crippen LogP contribution in [0.4, 0.5) is 0 Å². The predicted octanol–water partition coefficient (Wildman–Crippen LogP) is 3.11. The summed E-state index contributed by atoms with van der Waals surface area (Å²) < 4.78 is 12.3. The molecule has 0 aromatic carbocycles. The Bertz CT molecular complexity index is 622. The maximum atomic E-state index is 11.9. The van der Waals surface area contributed by atoms with Crippen LogP contribution in [-0.2, 0) is 14.3 Å². The van der Waals surface area contributed by atoms with Gasteiger partial charge in [0.2, 0.25) is 0 Å². The molecule has 0 spiro atoms. The highest BCUT2D eigenvalue weighted by atomic mass is 16.6. The standard InChI is InChI=1S/C21H31NO3/c1-20-6-5-14-13(18(20)19-11(9-20)7-17(23)25-19)4-3-12-8-16-22-10-15(24-16)21(12,14)2/h11-16,18-19,22H,3-10H2,1-2H3. The molecular formula is C21H31NO3. The fraction of sp³-hybridized carbons (Fsp3) is 0.952. The van der Waals surface area contributed by atoms with E-state index in [9.17, 15) is 4.79 Å². The first kappa shape index (κ1) is 15.4. The molecular weight excluding hydrogens is 314 g/mol. The molecule has 0 amide bonds. The van der Waals surface area contributed by atoms with Crippen LogP contribution in [0, 0.1) is 40.4 Å². The molecule has 10 unspecified atom stereocenters. The monoisotopic (exact) mass is 345 g/mol. The highest BCUT2D eigenvalue weighted by Crippen LogP contribution is 2.68. The van der Waals surface area contributed by atoms with Crippen molar-refractivity contribution in [1.82, 2.24) is 5.32 Å². The summed E-state index contributed by atoms with van der Waals surface area (Å²) in [7, 11) is 0. The van der Waals surface area contributed by atoms with Gasteiger partial charge in [0.25, 0.3) is 0 Å². The van der Waals surface area contributed by atoms with Crippen LogP contribution in [0.2, 0.25) is 0 Å². The highest BCUT2D eigenvalue weighted by Gasteiger charge is 2.66. The Kier molecular flexibility index (Phi) is 2.97. The second kappa shape index (κ2) is 4.81. The zero-order valence-corrected chi connectivity index (χ0v) is 15.5. The minimum absolute atomic E-state index is 0.0582. The highest BCUT2D eigenvalue weighted by molar-refractivity contribution is 5.72. The van der Waals surface area contributed by atoms with Crippen molar-refractivity contribution in [2.24, 2.45) is 40.4 Å². The summed E-state index contributed by atoms with van der Waals surface area (Å²) in [5.74, 6) is 3.41. The summed E-state index contributed by atoms with van der Waals surface area (Å²) >= 11 is 0. The molecule has 6 rings (SSSR count). The molecule has 6 fully saturated rings. The summed E-state index contributed by atoms with van der Waals surface area (Å²) in [6.07, 6.45) is 9.32. The Morgan fingerprint density at radius 2 is 2.08 bits per heavy atom. The molecule has 1 N–H and O–H groups in total. The first-order valence-electron chi connectivity index (χ1n) is 10.6. The molecule has 25 heavy (non-hydrogen) atoms. The number of fused-ring (bicyclic) bond motifs is 10. The lowest BCUT2D eigenvalue weighted by Gasteiger charge is -2.61. The third kappa shape index (κ3) is 1.83. The van der Waals surface area contributed by atoms with Crippen LogP contribution in [0.5, 0.6) is 0 Å². The largest absolute Gasteiger partial charge is 0.462 e. The van der Waals surface area contributed by atoms with E-state index in [2.05, 4.69) is 19.2 Å². The van der Waals surface area contributed by atoms with Crippen LogP contribution < -0.4 is 5.32 Å². The topological polar surface area (TPSA) is 47.6 Å². The van der Waals surface area contributed by atoms with Crippen molar-refractivity contribution < 1.29 is 14.3 Å². The molecule has 4 heteroatoms. The number of carbonyl (C=O) groups is 1. The van der Waals surface area contributed by atoms with E-state index in [0.29, 0.717) is 41.4 Å². The van der Waals surface area contributed by atoms with Crippen molar-refractivity contribution >= 4 is 5.97 Å². The van der Waals surface area contributed by atoms with Crippen LogP contribution in [0.25, 0.3) is 0 Å². The van der Waals surface area contributed by atoms with E-state index >= 15 is 0 Å². The Morgan fingerprint density at radius 1 is 1.20 bits per heavy atom. The van der Waals surface area contributed by atoms with E-state index in [1.165, 1.54) is 38.5 Å². The third-order valence-electron chi connectivity index (χ3n) is 9.63. The van der Waals surface area contributed by atoms with Gasteiger partial charge in [-0.05, 0) is 61.7 Å². The van der Waals surface area contributed by atoms with Gasteiger partial charge in [-0.3, -0.25) is 10.1 Å². The number of ether oxygens (including phenoxy) is 2. The molecule has 3 aliphatic carbocycles. The van der Waals surface area contributed by atoms with Crippen LogP contribution >= 0.6 is 0 Å². The maximum Gasteiger partial charge on any atom is 0.306 e. The van der Waals surface area contributed by atoms with Crippen molar-refractivity contribution in [3.63, 3.8) is 0 Å². The van der Waals surface area contributed by atoms with Gasteiger partial charge in [-0.25, -0.2) is 0 Å². The van der Waals surface area contributed by atoms with Crippen LogP contribution in [0.1, 0.15) is 58.8 Å². The van der Waals surface area contributed by atoms with Crippen molar-refractivity contribution in [3.8, 4) is 0 Å². The van der Waals surface area contributed by atoms with E-state index in [1.54, 1.807) is 0 Å². The van der Waals surface area contributed by atoms with Gasteiger partial charge in [0.1, 0.15) is 12.3 Å². The van der Waals surface area contributed by atoms with Gasteiger partial charge >= 0.3 is 5.97 Å². The summed E-state index contributed by atoms with van der Waals surface area (Å²) in [6.45, 7) is 6.07. The molecule has 3 heterocycles. The average Bonchev–Trinajstić information content (AvgIpc) is 3.20. The molecule has 4 nitrogen and oxygen atoms in total. The quantitative estimate of drug-likeness (QED) is 0.685. The van der Waals surface area contributed by atoms with Crippen molar-refractivity contribution in [3.05, 3.63) is 0 Å². The Morgan fingerprint density at radius 3 is 2.96 bits per heavy atom. The fourth-order valence-electron chi connectivity index (χ4n) is 8.62. The lowest BCUT2D eigenvalue weighted by Crippen LogP contribution is -2.59. The van der Waals surface area contributed by atoms with Gasteiger partial charge in [-0.1, -0.05) is 13.8 Å². The maximum absolute atomic E-state index is 11.9. The summed E-state index contributed by atoms with van der Waals surface area (Å²) in [5, 5.41) is 3.60. The van der Waals surface area contributed by atoms with E-state index in [0.717, 1.165) is 24.3 Å². The molecule has 3 saturated heterocycles. The molecule has 3 saturated carbocycles. The van der Waals surface area contributed by atoms with Gasteiger partial charge in [0, 0.05) is 23.8 Å². The van der Waals surface area contributed by atoms with Gasteiger partial charge in [0.05, 0.1) is 12.5 Å². The fourth-order valence-corrected chi connectivity index (χ4v) is 8.62. The first-order chi connectivity index (χ1) is 12.0. The molecule has 138 valence electrons. The van der Waals surface area contributed by atoms with Gasteiger partial charge in [0.15, 0.2) is 0 Å². The van der Waals surface area contributed by atoms with Crippen LogP contribution in [0.3, 0.4) is 0 Å². The van der Waals surface area contributed by atoms with E-state index in [1.807, 2.05) is 0 Å². The number of nitrogens with one attached hydrogen (secondary N) is 1. The first-order valence-corrected chi connectivity index (χ1v) is 10.6. The second-order valence-corrected chi connectivity index (χ2v) is 10.5. The number of esters is 1. The van der Waals surface area contributed by atoms with E-state index in [4.69, 9.17) is 9.47 Å². The molecule has 0 radical (unpaired) electrons. The Labute approximate surface area is 150 Å². The van der Waals surface area contributed by atoms with Crippen molar-refractivity contribution in [2.75, 3.05) is 6.54 Å². The normalized spacial score (nSPS) is 61.9. The molecule has 10 atom stereocenters.